The van der Waals surface area contributed by atoms with Crippen LogP contribution in [0, 0.1) is 0 Å². The first-order valence-corrected chi connectivity index (χ1v) is 10.5. The van der Waals surface area contributed by atoms with Crippen molar-refractivity contribution in [3.8, 4) is 0 Å². The predicted molar refractivity (Wildman–Crippen MR) is 128 cm³/mol. The van der Waals surface area contributed by atoms with Gasteiger partial charge in [-0.2, -0.15) is 0 Å². The molecule has 0 saturated heterocycles. The molecule has 0 atom stereocenters. The van der Waals surface area contributed by atoms with E-state index in [9.17, 15) is 9.59 Å². The average molecular weight is 468 g/mol. The van der Waals surface area contributed by atoms with Gasteiger partial charge in [0.25, 0.3) is 0 Å². The fourth-order valence-corrected chi connectivity index (χ4v) is 3.10. The number of ketones is 2. The van der Waals surface area contributed by atoms with E-state index in [2.05, 4.69) is 0 Å². The number of benzene rings is 4. The van der Waals surface area contributed by atoms with Crippen molar-refractivity contribution in [2.24, 2.45) is 0 Å². The summed E-state index contributed by atoms with van der Waals surface area (Å²) in [5.74, 6) is -0.0133. The van der Waals surface area contributed by atoms with Crippen LogP contribution in [0.25, 0.3) is 0 Å². The minimum Gasteiger partial charge on any atom is -0.289 e. The molecule has 2 nitrogen and oxygen atoms in total. The molecule has 0 fully saturated rings. The van der Waals surface area contributed by atoms with Crippen LogP contribution in [0.1, 0.15) is 31.8 Å². The molecule has 0 bridgehead atoms. The highest BCUT2D eigenvalue weighted by atomic mass is 35.5. The lowest BCUT2D eigenvalue weighted by Gasteiger charge is -2.01. The van der Waals surface area contributed by atoms with Crippen molar-refractivity contribution in [2.45, 2.75) is 0 Å². The Balaban J connectivity index is 0.000000176. The summed E-state index contributed by atoms with van der Waals surface area (Å²) < 4.78 is 0. The summed E-state index contributed by atoms with van der Waals surface area (Å²) in [4.78, 5) is 23.9. The van der Waals surface area contributed by atoms with E-state index >= 15 is 0 Å². The Morgan fingerprint density at radius 1 is 0.387 bits per heavy atom. The van der Waals surface area contributed by atoms with Gasteiger partial charge in [-0.15, -0.1) is 0 Å². The number of hydrogen-bond donors (Lipinski definition) is 0. The minimum atomic E-state index is -0.0340. The van der Waals surface area contributed by atoms with Crippen molar-refractivity contribution in [3.63, 3.8) is 0 Å². The first kappa shape index (κ1) is 22.8. The zero-order valence-electron chi connectivity index (χ0n) is 16.3. The fourth-order valence-electron chi connectivity index (χ4n) is 2.73. The van der Waals surface area contributed by atoms with E-state index in [0.717, 1.165) is 0 Å². The van der Waals surface area contributed by atoms with Crippen molar-refractivity contribution in [2.75, 3.05) is 0 Å². The zero-order valence-corrected chi connectivity index (χ0v) is 18.5. The van der Waals surface area contributed by atoms with E-state index in [1.807, 2.05) is 18.2 Å². The molecule has 0 aliphatic heterocycles. The molecule has 0 unspecified atom stereocenters. The molecule has 4 aromatic rings. The topological polar surface area (TPSA) is 34.1 Å². The Morgan fingerprint density at radius 3 is 0.935 bits per heavy atom. The summed E-state index contributed by atoms with van der Waals surface area (Å²) in [7, 11) is 0. The van der Waals surface area contributed by atoms with Crippen LogP contribution in [0.4, 0.5) is 0 Å². The molecule has 0 saturated carbocycles. The van der Waals surface area contributed by atoms with E-state index in [-0.39, 0.29) is 11.6 Å². The van der Waals surface area contributed by atoms with Crippen LogP contribution >= 0.6 is 34.8 Å². The Hall–Kier alpha value is -2.91. The van der Waals surface area contributed by atoms with Gasteiger partial charge in [-0.05, 0) is 72.8 Å². The van der Waals surface area contributed by atoms with E-state index in [1.165, 1.54) is 0 Å². The lowest BCUT2D eigenvalue weighted by molar-refractivity contribution is 0.103. The van der Waals surface area contributed by atoms with Gasteiger partial charge in [0, 0.05) is 37.3 Å². The Kier molecular flexibility index (Phi) is 8.02. The Morgan fingerprint density at radius 2 is 0.645 bits per heavy atom. The lowest BCUT2D eigenvalue weighted by atomic mass is 10.0. The molecule has 154 valence electrons. The predicted octanol–water partition coefficient (Wildman–Crippen LogP) is 7.80. The molecule has 0 radical (unpaired) electrons. The molecule has 31 heavy (non-hydrogen) atoms. The molecule has 0 spiro atoms. The van der Waals surface area contributed by atoms with Crippen LogP contribution in [0.5, 0.6) is 0 Å². The number of halogens is 3. The molecule has 4 rings (SSSR count). The van der Waals surface area contributed by atoms with Gasteiger partial charge >= 0.3 is 0 Å². The van der Waals surface area contributed by atoms with E-state index < -0.39 is 0 Å². The largest absolute Gasteiger partial charge is 0.289 e. The second-order valence-corrected chi connectivity index (χ2v) is 7.85. The maximum atomic E-state index is 12.0. The van der Waals surface area contributed by atoms with Gasteiger partial charge < -0.3 is 0 Å². The molecule has 0 aromatic heterocycles. The highest BCUT2D eigenvalue weighted by Crippen LogP contribution is 2.16. The van der Waals surface area contributed by atoms with Gasteiger partial charge in [-0.1, -0.05) is 65.1 Å². The molecular weight excluding hydrogens is 451 g/mol. The number of carbonyl (C=O) groups excluding carboxylic acids is 2. The third-order valence-corrected chi connectivity index (χ3v) is 5.11. The number of rotatable bonds is 4. The molecule has 0 amide bonds. The SMILES string of the molecule is O=C(c1ccc(Cl)cc1)c1ccc(Cl)cc1.O=C(c1ccccc1)c1ccc(Cl)cc1. The highest BCUT2D eigenvalue weighted by Gasteiger charge is 2.08. The number of carbonyl (C=O) groups is 2. The third kappa shape index (κ3) is 6.53. The minimum absolute atomic E-state index is 0.0206. The van der Waals surface area contributed by atoms with E-state index in [1.54, 1.807) is 84.9 Å². The van der Waals surface area contributed by atoms with Crippen LogP contribution in [-0.4, -0.2) is 11.6 Å². The van der Waals surface area contributed by atoms with Crippen LogP contribution in [0.15, 0.2) is 103 Å². The van der Waals surface area contributed by atoms with E-state index in [4.69, 9.17) is 34.8 Å². The molecule has 0 aliphatic carbocycles. The standard InChI is InChI=1S/C13H8Cl2O.C13H9ClO/c14-11-5-1-9(2-6-11)13(16)10-3-7-12(15)8-4-10;14-12-8-6-11(7-9-12)13(15)10-4-2-1-3-5-10/h1-8H;1-9H. The molecule has 0 aliphatic rings. The van der Waals surface area contributed by atoms with Crippen LogP contribution in [0.3, 0.4) is 0 Å². The lowest BCUT2D eigenvalue weighted by Crippen LogP contribution is -2.00. The Bertz CT molecular complexity index is 1100. The monoisotopic (exact) mass is 466 g/mol. The summed E-state index contributed by atoms with van der Waals surface area (Å²) in [6.07, 6.45) is 0. The van der Waals surface area contributed by atoms with Crippen molar-refractivity contribution < 1.29 is 9.59 Å². The summed E-state index contributed by atoms with van der Waals surface area (Å²) in [6.45, 7) is 0. The van der Waals surface area contributed by atoms with Crippen molar-refractivity contribution in [3.05, 3.63) is 140 Å². The van der Waals surface area contributed by atoms with Crippen LogP contribution in [0.2, 0.25) is 15.1 Å². The first-order valence-electron chi connectivity index (χ1n) is 9.35. The van der Waals surface area contributed by atoms with Gasteiger partial charge in [0.2, 0.25) is 0 Å². The molecule has 0 heterocycles. The molecule has 4 aromatic carbocycles. The van der Waals surface area contributed by atoms with Gasteiger partial charge in [-0.3, -0.25) is 9.59 Å². The molecule has 0 N–H and O–H groups in total. The maximum Gasteiger partial charge on any atom is 0.193 e. The van der Waals surface area contributed by atoms with Crippen molar-refractivity contribution in [1.82, 2.24) is 0 Å². The second-order valence-electron chi connectivity index (χ2n) is 6.54. The smallest absolute Gasteiger partial charge is 0.193 e. The van der Waals surface area contributed by atoms with Gasteiger partial charge in [-0.25, -0.2) is 0 Å². The summed E-state index contributed by atoms with van der Waals surface area (Å²) in [5, 5.41) is 1.87. The molecule has 5 heteroatoms. The van der Waals surface area contributed by atoms with Crippen molar-refractivity contribution >= 4 is 46.4 Å². The third-order valence-electron chi connectivity index (χ3n) is 4.36. The fraction of sp³-hybridized carbons (Fsp3) is 0. The maximum absolute atomic E-state index is 12.0. The zero-order chi connectivity index (χ0) is 22.2. The van der Waals surface area contributed by atoms with Gasteiger partial charge in [0.1, 0.15) is 0 Å². The van der Waals surface area contributed by atoms with E-state index in [0.29, 0.717) is 37.3 Å². The van der Waals surface area contributed by atoms with Gasteiger partial charge in [0.05, 0.1) is 0 Å². The Labute approximate surface area is 196 Å². The van der Waals surface area contributed by atoms with Gasteiger partial charge in [0.15, 0.2) is 11.6 Å². The first-order chi connectivity index (χ1) is 14.9. The second kappa shape index (κ2) is 10.9. The van der Waals surface area contributed by atoms with Crippen molar-refractivity contribution in [1.29, 1.82) is 0 Å². The number of hydrogen-bond acceptors (Lipinski definition) is 2. The van der Waals surface area contributed by atoms with Crippen LogP contribution < -0.4 is 0 Å². The quantitative estimate of drug-likeness (QED) is 0.287. The highest BCUT2D eigenvalue weighted by molar-refractivity contribution is 6.31. The van der Waals surface area contributed by atoms with Crippen LogP contribution in [-0.2, 0) is 0 Å². The molecular formula is C26H17Cl3O2. The normalized spacial score (nSPS) is 10.0. The summed E-state index contributed by atoms with van der Waals surface area (Å²) in [6, 6.07) is 29.7. The summed E-state index contributed by atoms with van der Waals surface area (Å²) >= 11 is 17.3. The average Bonchev–Trinajstić information content (AvgIpc) is 2.81. The summed E-state index contributed by atoms with van der Waals surface area (Å²) in [5.41, 5.74) is 2.59.